The third kappa shape index (κ3) is 2.70. The van der Waals surface area contributed by atoms with Crippen molar-refractivity contribution in [2.75, 3.05) is 6.61 Å². The van der Waals surface area contributed by atoms with Crippen LogP contribution < -0.4 is 0 Å². The molecule has 94 valence electrons. The topological polar surface area (TPSA) is 29.5 Å². The van der Waals surface area contributed by atoms with Crippen LogP contribution in [0.2, 0.25) is 0 Å². The number of aliphatic hydroxyl groups excluding tert-OH is 1. The molecule has 2 nitrogen and oxygen atoms in total. The molecule has 17 heavy (non-hydrogen) atoms. The first kappa shape index (κ1) is 12.6. The number of ether oxygens (including phenoxy) is 1. The van der Waals surface area contributed by atoms with Gasteiger partial charge in [-0.1, -0.05) is 38.1 Å². The maximum atomic E-state index is 9.77. The van der Waals surface area contributed by atoms with Crippen LogP contribution in [0.4, 0.5) is 0 Å². The van der Waals surface area contributed by atoms with Crippen LogP contribution >= 0.6 is 0 Å². The van der Waals surface area contributed by atoms with Crippen molar-refractivity contribution in [3.8, 4) is 0 Å². The summed E-state index contributed by atoms with van der Waals surface area (Å²) in [4.78, 5) is 0. The van der Waals surface area contributed by atoms with Gasteiger partial charge in [-0.2, -0.15) is 0 Å². The maximum Gasteiger partial charge on any atom is 0.0927 e. The third-order valence-corrected chi connectivity index (χ3v) is 3.68. The highest BCUT2D eigenvalue weighted by Gasteiger charge is 2.34. The molecule has 1 aliphatic heterocycles. The van der Waals surface area contributed by atoms with Gasteiger partial charge in [-0.15, -0.1) is 0 Å². The number of hydrogen-bond donors (Lipinski definition) is 1. The maximum absolute atomic E-state index is 9.77. The summed E-state index contributed by atoms with van der Waals surface area (Å²) >= 11 is 0. The van der Waals surface area contributed by atoms with Gasteiger partial charge in [0.15, 0.2) is 0 Å². The van der Waals surface area contributed by atoms with Gasteiger partial charge in [0.2, 0.25) is 0 Å². The van der Waals surface area contributed by atoms with Gasteiger partial charge >= 0.3 is 0 Å². The fourth-order valence-electron chi connectivity index (χ4n) is 2.45. The molecule has 0 spiro atoms. The summed E-state index contributed by atoms with van der Waals surface area (Å²) in [6.07, 6.45) is 1.20. The van der Waals surface area contributed by atoms with E-state index in [1.807, 2.05) is 0 Å². The molecule has 1 aromatic rings. The molecule has 1 fully saturated rings. The molecule has 2 rings (SSSR count). The number of benzene rings is 1. The molecule has 0 aromatic heterocycles. The Labute approximate surface area is 104 Å². The van der Waals surface area contributed by atoms with E-state index in [1.54, 1.807) is 0 Å². The molecular weight excluding hydrogens is 212 g/mol. The van der Waals surface area contributed by atoms with E-state index in [9.17, 15) is 5.11 Å². The van der Waals surface area contributed by atoms with Crippen molar-refractivity contribution in [2.45, 2.75) is 51.2 Å². The molecule has 0 saturated carbocycles. The fourth-order valence-corrected chi connectivity index (χ4v) is 2.45. The summed E-state index contributed by atoms with van der Waals surface area (Å²) in [7, 11) is 0. The summed E-state index contributed by atoms with van der Waals surface area (Å²) in [6.45, 7) is 7.10. The Bertz CT molecular complexity index is 369. The Morgan fingerprint density at radius 2 is 1.94 bits per heavy atom. The lowest BCUT2D eigenvalue weighted by molar-refractivity contribution is -0.112. The van der Waals surface area contributed by atoms with Crippen LogP contribution in [0.15, 0.2) is 24.3 Å². The van der Waals surface area contributed by atoms with E-state index in [0.717, 1.165) is 6.42 Å². The van der Waals surface area contributed by atoms with E-state index in [-0.39, 0.29) is 11.7 Å². The lowest BCUT2D eigenvalue weighted by Crippen LogP contribution is -2.37. The zero-order valence-electron chi connectivity index (χ0n) is 10.9. The van der Waals surface area contributed by atoms with Gasteiger partial charge in [0, 0.05) is 6.42 Å². The standard InChI is InChI=1S/C15H22O2/c1-11(2)12-4-6-13(7-5-12)15(3)10-14(16)8-9-17-15/h4-7,11,14,16H,8-10H2,1-3H3. The summed E-state index contributed by atoms with van der Waals surface area (Å²) in [6, 6.07) is 8.59. The molecule has 1 aromatic carbocycles. The highest BCUT2D eigenvalue weighted by Crippen LogP contribution is 2.35. The molecule has 1 heterocycles. The lowest BCUT2D eigenvalue weighted by Gasteiger charge is -2.37. The summed E-state index contributed by atoms with van der Waals surface area (Å²) in [5.41, 5.74) is 2.18. The van der Waals surface area contributed by atoms with Crippen LogP contribution in [-0.4, -0.2) is 17.8 Å². The predicted octanol–water partition coefficient (Wildman–Crippen LogP) is 3.20. The van der Waals surface area contributed by atoms with Crippen LogP contribution in [-0.2, 0) is 10.3 Å². The highest BCUT2D eigenvalue weighted by molar-refractivity contribution is 5.29. The minimum absolute atomic E-state index is 0.237. The first-order valence-electron chi connectivity index (χ1n) is 6.44. The van der Waals surface area contributed by atoms with Gasteiger partial charge in [0.25, 0.3) is 0 Å². The Morgan fingerprint density at radius 1 is 1.29 bits per heavy atom. The Kier molecular flexibility index (Phi) is 3.55. The van der Waals surface area contributed by atoms with Gasteiger partial charge < -0.3 is 9.84 Å². The van der Waals surface area contributed by atoms with Gasteiger partial charge in [-0.05, 0) is 30.4 Å². The smallest absolute Gasteiger partial charge is 0.0927 e. The minimum atomic E-state index is -0.326. The van der Waals surface area contributed by atoms with Crippen molar-refractivity contribution >= 4 is 0 Å². The summed E-state index contributed by atoms with van der Waals surface area (Å²) in [5, 5.41) is 9.77. The van der Waals surface area contributed by atoms with Crippen LogP contribution in [0.3, 0.4) is 0 Å². The molecule has 2 heteroatoms. The second-order valence-corrected chi connectivity index (χ2v) is 5.50. The molecule has 2 atom stereocenters. The number of hydrogen-bond acceptors (Lipinski definition) is 2. The first-order chi connectivity index (χ1) is 8.01. The monoisotopic (exact) mass is 234 g/mol. The van der Waals surface area contributed by atoms with E-state index in [2.05, 4.69) is 45.0 Å². The van der Waals surface area contributed by atoms with Crippen LogP contribution in [0.25, 0.3) is 0 Å². The molecular formula is C15H22O2. The second kappa shape index (κ2) is 4.79. The molecule has 0 amide bonds. The van der Waals surface area contributed by atoms with E-state index in [0.29, 0.717) is 18.9 Å². The van der Waals surface area contributed by atoms with Crippen molar-refractivity contribution in [3.05, 3.63) is 35.4 Å². The van der Waals surface area contributed by atoms with Gasteiger partial charge in [0.05, 0.1) is 18.3 Å². The van der Waals surface area contributed by atoms with Crippen molar-refractivity contribution in [1.29, 1.82) is 0 Å². The van der Waals surface area contributed by atoms with Crippen molar-refractivity contribution in [3.63, 3.8) is 0 Å². The largest absolute Gasteiger partial charge is 0.393 e. The van der Waals surface area contributed by atoms with Crippen LogP contribution in [0.5, 0.6) is 0 Å². The summed E-state index contributed by atoms with van der Waals surface area (Å²) < 4.78 is 5.86. The molecule has 1 saturated heterocycles. The normalized spacial score (nSPS) is 29.6. The Hall–Kier alpha value is -0.860. The molecule has 0 radical (unpaired) electrons. The van der Waals surface area contributed by atoms with E-state index in [4.69, 9.17) is 4.74 Å². The molecule has 2 unspecified atom stereocenters. The van der Waals surface area contributed by atoms with Crippen LogP contribution in [0.1, 0.15) is 50.7 Å². The highest BCUT2D eigenvalue weighted by atomic mass is 16.5. The second-order valence-electron chi connectivity index (χ2n) is 5.50. The van der Waals surface area contributed by atoms with Gasteiger partial charge in [-0.25, -0.2) is 0 Å². The number of rotatable bonds is 2. The van der Waals surface area contributed by atoms with Gasteiger partial charge in [-0.3, -0.25) is 0 Å². The zero-order chi connectivity index (χ0) is 12.5. The molecule has 0 bridgehead atoms. The van der Waals surface area contributed by atoms with E-state index >= 15 is 0 Å². The predicted molar refractivity (Wildman–Crippen MR) is 69.1 cm³/mol. The van der Waals surface area contributed by atoms with E-state index in [1.165, 1.54) is 11.1 Å². The third-order valence-electron chi connectivity index (χ3n) is 3.68. The Balaban J connectivity index is 2.21. The molecule has 1 N–H and O–H groups in total. The Morgan fingerprint density at radius 3 is 2.47 bits per heavy atom. The number of aliphatic hydroxyl groups is 1. The molecule has 0 aliphatic carbocycles. The van der Waals surface area contributed by atoms with Gasteiger partial charge in [0.1, 0.15) is 0 Å². The van der Waals surface area contributed by atoms with Crippen LogP contribution in [0, 0.1) is 0 Å². The fraction of sp³-hybridized carbons (Fsp3) is 0.600. The SMILES string of the molecule is CC(C)c1ccc(C2(C)CC(O)CCO2)cc1. The first-order valence-corrected chi connectivity index (χ1v) is 6.44. The quantitative estimate of drug-likeness (QED) is 0.851. The average molecular weight is 234 g/mol. The van der Waals surface area contributed by atoms with Crippen molar-refractivity contribution < 1.29 is 9.84 Å². The average Bonchev–Trinajstić information content (AvgIpc) is 2.29. The lowest BCUT2D eigenvalue weighted by atomic mass is 9.86. The summed E-state index contributed by atoms with van der Waals surface area (Å²) in [5.74, 6) is 0.551. The zero-order valence-corrected chi connectivity index (χ0v) is 10.9. The molecule has 1 aliphatic rings. The van der Waals surface area contributed by atoms with Crippen molar-refractivity contribution in [1.82, 2.24) is 0 Å². The van der Waals surface area contributed by atoms with E-state index < -0.39 is 0 Å². The van der Waals surface area contributed by atoms with Crippen molar-refractivity contribution in [2.24, 2.45) is 0 Å². The minimum Gasteiger partial charge on any atom is -0.393 e.